The van der Waals surface area contributed by atoms with E-state index in [-0.39, 0.29) is 5.91 Å². The second-order valence-corrected chi connectivity index (χ2v) is 7.53. The molecular weight excluding hydrogens is 330 g/mol. The molecule has 2 aromatic rings. The van der Waals surface area contributed by atoms with Crippen molar-refractivity contribution in [3.8, 4) is 11.3 Å². The van der Waals surface area contributed by atoms with Gasteiger partial charge in [0.1, 0.15) is 5.60 Å². The number of pyridine rings is 1. The number of hydrogen-bond acceptors (Lipinski definition) is 6. The highest BCUT2D eigenvalue weighted by atomic mass is 16.3. The van der Waals surface area contributed by atoms with Gasteiger partial charge >= 0.3 is 0 Å². The predicted octanol–water partition coefficient (Wildman–Crippen LogP) is 2.47. The van der Waals surface area contributed by atoms with Crippen LogP contribution in [-0.2, 0) is 10.4 Å². The van der Waals surface area contributed by atoms with Crippen LogP contribution < -0.4 is 10.2 Å². The van der Waals surface area contributed by atoms with Crippen molar-refractivity contribution in [1.29, 1.82) is 0 Å². The molecule has 4 rings (SSSR count). The van der Waals surface area contributed by atoms with Crippen molar-refractivity contribution in [2.45, 2.75) is 51.2 Å². The normalized spacial score (nSPS) is 18.0. The molecule has 26 heavy (non-hydrogen) atoms. The molecule has 2 aromatic heterocycles. The summed E-state index contributed by atoms with van der Waals surface area (Å²) in [6, 6.07) is 4.03. The monoisotopic (exact) mass is 353 g/mol. The van der Waals surface area contributed by atoms with Crippen LogP contribution in [0.15, 0.2) is 24.5 Å². The van der Waals surface area contributed by atoms with Gasteiger partial charge in [-0.3, -0.25) is 9.78 Å². The number of nitrogens with zero attached hydrogens (tertiary/aromatic N) is 4. The molecule has 1 saturated carbocycles. The number of hydrogen-bond donors (Lipinski definition) is 2. The highest BCUT2D eigenvalue weighted by molar-refractivity contribution is 5.99. The van der Waals surface area contributed by atoms with Gasteiger partial charge in [-0.1, -0.05) is 12.8 Å². The quantitative estimate of drug-likeness (QED) is 0.881. The highest BCUT2D eigenvalue weighted by Gasteiger charge is 2.32. The Kier molecular flexibility index (Phi) is 4.11. The number of carbonyl (C=O) groups excluding carboxylic acids is 1. The number of fused-ring (bicyclic) bond motifs is 1. The van der Waals surface area contributed by atoms with Crippen molar-refractivity contribution in [3.63, 3.8) is 0 Å². The van der Waals surface area contributed by atoms with Crippen LogP contribution >= 0.6 is 0 Å². The van der Waals surface area contributed by atoms with Crippen molar-refractivity contribution in [2.75, 3.05) is 16.8 Å². The Morgan fingerprint density at radius 3 is 2.62 bits per heavy atom. The van der Waals surface area contributed by atoms with Crippen LogP contribution in [0.3, 0.4) is 0 Å². The molecule has 7 nitrogen and oxygen atoms in total. The Morgan fingerprint density at radius 1 is 1.19 bits per heavy atom. The minimum atomic E-state index is -0.983. The minimum Gasteiger partial charge on any atom is -0.384 e. The maximum absolute atomic E-state index is 12.0. The van der Waals surface area contributed by atoms with Crippen molar-refractivity contribution in [2.24, 2.45) is 0 Å². The van der Waals surface area contributed by atoms with E-state index >= 15 is 0 Å². The van der Waals surface area contributed by atoms with E-state index in [4.69, 9.17) is 4.98 Å². The Labute approximate surface area is 152 Å². The average Bonchev–Trinajstić information content (AvgIpc) is 3.14. The Hall–Kier alpha value is -2.54. The van der Waals surface area contributed by atoms with E-state index in [1.807, 2.05) is 6.07 Å². The van der Waals surface area contributed by atoms with E-state index in [1.54, 1.807) is 32.3 Å². The summed E-state index contributed by atoms with van der Waals surface area (Å²) in [6.07, 6.45) is 7.89. The Balaban J connectivity index is 1.69. The number of nitrogens with one attached hydrogen (secondary N) is 1. The van der Waals surface area contributed by atoms with Gasteiger partial charge in [0.25, 0.3) is 0 Å². The standard InChI is InChI=1S/C19H23N5O2/c1-19(2,26)15-8-7-12(9-20-15)14-10-21-17-18(22-14)24(11-16(25)23-17)13-5-3-4-6-13/h7-10,13,26H,3-6,11H2,1-2H3,(H,21,23,25). The molecule has 0 aromatic carbocycles. The van der Waals surface area contributed by atoms with Crippen LogP contribution in [0.4, 0.5) is 11.6 Å². The average molecular weight is 353 g/mol. The molecule has 0 unspecified atom stereocenters. The molecule has 136 valence electrons. The van der Waals surface area contributed by atoms with Crippen molar-refractivity contribution < 1.29 is 9.90 Å². The lowest BCUT2D eigenvalue weighted by Gasteiger charge is -2.34. The molecule has 0 spiro atoms. The fourth-order valence-corrected chi connectivity index (χ4v) is 3.63. The van der Waals surface area contributed by atoms with E-state index < -0.39 is 5.60 Å². The summed E-state index contributed by atoms with van der Waals surface area (Å²) < 4.78 is 0. The molecule has 2 aliphatic rings. The summed E-state index contributed by atoms with van der Waals surface area (Å²) in [7, 11) is 0. The maximum Gasteiger partial charge on any atom is 0.245 e. The van der Waals surface area contributed by atoms with Gasteiger partial charge in [-0.25, -0.2) is 9.97 Å². The lowest BCUT2D eigenvalue weighted by molar-refractivity contribution is -0.115. The van der Waals surface area contributed by atoms with Gasteiger partial charge in [-0.2, -0.15) is 0 Å². The third kappa shape index (κ3) is 3.14. The SMILES string of the molecule is CC(C)(O)c1ccc(-c2cnc3c(n2)N(C2CCCC2)CC(=O)N3)cn1. The fraction of sp³-hybridized carbons (Fsp3) is 0.474. The van der Waals surface area contributed by atoms with Gasteiger partial charge < -0.3 is 15.3 Å². The third-order valence-electron chi connectivity index (χ3n) is 5.05. The molecule has 0 radical (unpaired) electrons. The number of rotatable bonds is 3. The summed E-state index contributed by atoms with van der Waals surface area (Å²) in [5, 5.41) is 12.9. The topological polar surface area (TPSA) is 91.2 Å². The zero-order valence-electron chi connectivity index (χ0n) is 15.1. The van der Waals surface area contributed by atoms with E-state index in [0.29, 0.717) is 29.8 Å². The lowest BCUT2D eigenvalue weighted by Crippen LogP contribution is -2.44. The summed E-state index contributed by atoms with van der Waals surface area (Å²) in [6.45, 7) is 3.73. The molecule has 0 atom stereocenters. The molecule has 7 heteroatoms. The summed E-state index contributed by atoms with van der Waals surface area (Å²) >= 11 is 0. The van der Waals surface area contributed by atoms with Gasteiger partial charge in [-0.05, 0) is 38.8 Å². The lowest BCUT2D eigenvalue weighted by atomic mass is 10.0. The molecule has 1 fully saturated rings. The van der Waals surface area contributed by atoms with Crippen LogP contribution in [0.2, 0.25) is 0 Å². The molecule has 1 aliphatic carbocycles. The van der Waals surface area contributed by atoms with Crippen molar-refractivity contribution in [1.82, 2.24) is 15.0 Å². The van der Waals surface area contributed by atoms with Gasteiger partial charge in [0.05, 0.1) is 24.1 Å². The molecular formula is C19H23N5O2. The first-order valence-electron chi connectivity index (χ1n) is 9.04. The second-order valence-electron chi connectivity index (χ2n) is 7.53. The summed E-state index contributed by atoms with van der Waals surface area (Å²) in [5.74, 6) is 1.22. The van der Waals surface area contributed by atoms with E-state index in [1.165, 1.54) is 12.8 Å². The first-order chi connectivity index (χ1) is 12.4. The zero-order valence-corrected chi connectivity index (χ0v) is 15.1. The molecule has 0 saturated heterocycles. The van der Waals surface area contributed by atoms with Gasteiger partial charge in [0.15, 0.2) is 11.6 Å². The predicted molar refractivity (Wildman–Crippen MR) is 98.7 cm³/mol. The molecule has 1 amide bonds. The third-order valence-corrected chi connectivity index (χ3v) is 5.05. The van der Waals surface area contributed by atoms with Gasteiger partial charge in [-0.15, -0.1) is 0 Å². The zero-order chi connectivity index (χ0) is 18.3. The van der Waals surface area contributed by atoms with Crippen LogP contribution in [0.5, 0.6) is 0 Å². The van der Waals surface area contributed by atoms with Crippen LogP contribution in [0, 0.1) is 0 Å². The number of amides is 1. The summed E-state index contributed by atoms with van der Waals surface area (Å²) in [5.41, 5.74) is 1.16. The Morgan fingerprint density at radius 2 is 1.96 bits per heavy atom. The van der Waals surface area contributed by atoms with E-state index in [0.717, 1.165) is 24.2 Å². The largest absolute Gasteiger partial charge is 0.384 e. The van der Waals surface area contributed by atoms with E-state index in [9.17, 15) is 9.90 Å². The molecule has 2 N–H and O–H groups in total. The number of anilines is 2. The maximum atomic E-state index is 12.0. The number of aliphatic hydroxyl groups is 1. The van der Waals surface area contributed by atoms with E-state index in [2.05, 4.69) is 20.2 Å². The first kappa shape index (κ1) is 16.9. The second kappa shape index (κ2) is 6.32. The van der Waals surface area contributed by atoms with Crippen LogP contribution in [-0.4, -0.2) is 38.6 Å². The smallest absolute Gasteiger partial charge is 0.245 e. The van der Waals surface area contributed by atoms with Crippen molar-refractivity contribution >= 4 is 17.5 Å². The van der Waals surface area contributed by atoms with Gasteiger partial charge in [0, 0.05) is 17.8 Å². The highest BCUT2D eigenvalue weighted by Crippen LogP contribution is 2.34. The fourth-order valence-electron chi connectivity index (χ4n) is 3.63. The molecule has 3 heterocycles. The van der Waals surface area contributed by atoms with Crippen LogP contribution in [0.1, 0.15) is 45.2 Å². The van der Waals surface area contributed by atoms with Crippen LogP contribution in [0.25, 0.3) is 11.3 Å². The number of aromatic nitrogens is 3. The first-order valence-corrected chi connectivity index (χ1v) is 9.04. The molecule has 1 aliphatic heterocycles. The minimum absolute atomic E-state index is 0.0392. The van der Waals surface area contributed by atoms with Gasteiger partial charge in [0.2, 0.25) is 5.91 Å². The summed E-state index contributed by atoms with van der Waals surface area (Å²) in [4.78, 5) is 27.7. The Bertz CT molecular complexity index is 823. The molecule has 0 bridgehead atoms. The van der Waals surface area contributed by atoms with Crippen molar-refractivity contribution in [3.05, 3.63) is 30.2 Å². The number of carbonyl (C=O) groups is 1.